The maximum Gasteiger partial charge on any atom is 0.125 e. The average Bonchev–Trinajstić information content (AvgIpc) is 2.90. The second-order valence-corrected chi connectivity index (χ2v) is 9.22. The van der Waals surface area contributed by atoms with E-state index < -0.39 is 0 Å². The van der Waals surface area contributed by atoms with E-state index in [0.29, 0.717) is 18.8 Å². The highest BCUT2D eigenvalue weighted by molar-refractivity contribution is 5.78. The lowest BCUT2D eigenvalue weighted by molar-refractivity contribution is 0.143. The van der Waals surface area contributed by atoms with Crippen LogP contribution in [0.25, 0.3) is 0 Å². The van der Waals surface area contributed by atoms with E-state index in [-0.39, 0.29) is 0 Å². The summed E-state index contributed by atoms with van der Waals surface area (Å²) >= 11 is 0. The summed E-state index contributed by atoms with van der Waals surface area (Å²) in [6.45, 7) is 6.82. The Hall–Kier alpha value is -3.77. The van der Waals surface area contributed by atoms with Crippen LogP contribution >= 0.6 is 0 Å². The number of ether oxygens (including phenoxy) is 1. The topological polar surface area (TPSA) is 74.3 Å². The van der Waals surface area contributed by atoms with Crippen LogP contribution in [0, 0.1) is 6.92 Å². The Kier molecular flexibility index (Phi) is 9.00. The van der Waals surface area contributed by atoms with Crippen molar-refractivity contribution >= 4 is 6.21 Å². The average molecular weight is 485 g/mol. The van der Waals surface area contributed by atoms with Gasteiger partial charge < -0.3 is 20.6 Å². The van der Waals surface area contributed by atoms with Crippen LogP contribution in [-0.4, -0.2) is 53.9 Å². The summed E-state index contributed by atoms with van der Waals surface area (Å²) in [6, 6.07) is 26.5. The molecule has 3 N–H and O–H groups in total. The molecule has 188 valence electrons. The number of allylic oxidation sites excluding steroid dienone is 2. The summed E-state index contributed by atoms with van der Waals surface area (Å²) in [5.74, 6) is 6.90. The summed E-state index contributed by atoms with van der Waals surface area (Å²) in [5.41, 5.74) is 5.59. The number of hydrogen-bond acceptors (Lipinski definition) is 6. The number of piperazine rings is 1. The van der Waals surface area contributed by atoms with Crippen LogP contribution in [0.3, 0.4) is 0 Å². The van der Waals surface area contributed by atoms with Gasteiger partial charge in [-0.1, -0.05) is 78.4 Å². The lowest BCUT2D eigenvalue weighted by Crippen LogP contribution is -2.46. The molecule has 0 bridgehead atoms. The molecule has 0 aromatic heterocycles. The van der Waals surface area contributed by atoms with Crippen LogP contribution < -0.4 is 5.84 Å². The van der Waals surface area contributed by atoms with Crippen molar-refractivity contribution in [2.24, 2.45) is 10.9 Å². The first-order chi connectivity index (χ1) is 17.6. The zero-order valence-corrected chi connectivity index (χ0v) is 21.0. The van der Waals surface area contributed by atoms with E-state index in [1.54, 1.807) is 12.3 Å². The Morgan fingerprint density at radius 3 is 2.31 bits per heavy atom. The van der Waals surface area contributed by atoms with Gasteiger partial charge in [0.15, 0.2) is 0 Å². The van der Waals surface area contributed by atoms with E-state index in [1.165, 1.54) is 16.7 Å². The van der Waals surface area contributed by atoms with Crippen molar-refractivity contribution in [1.29, 1.82) is 0 Å². The summed E-state index contributed by atoms with van der Waals surface area (Å²) in [4.78, 5) is 4.67. The molecule has 36 heavy (non-hydrogen) atoms. The maximum atomic E-state index is 10.2. The van der Waals surface area contributed by atoms with Crippen LogP contribution in [0.4, 0.5) is 0 Å². The maximum absolute atomic E-state index is 10.2. The second kappa shape index (κ2) is 12.8. The van der Waals surface area contributed by atoms with Crippen LogP contribution in [-0.2, 0) is 24.1 Å². The van der Waals surface area contributed by atoms with Crippen LogP contribution in [0.2, 0.25) is 0 Å². The highest BCUT2D eigenvalue weighted by Crippen LogP contribution is 2.22. The SMILES string of the molecule is Cc1ccc(CCO/C(Cc2ccccc2)=C(/C=N\N)N2CCN(Cc3ccccc3O)CC2)cc1. The van der Waals surface area contributed by atoms with E-state index in [1.807, 2.05) is 36.4 Å². The largest absolute Gasteiger partial charge is 0.508 e. The van der Waals surface area contributed by atoms with E-state index in [9.17, 15) is 5.11 Å². The molecule has 0 unspecified atom stereocenters. The predicted octanol–water partition coefficient (Wildman–Crippen LogP) is 4.48. The monoisotopic (exact) mass is 484 g/mol. The summed E-state index contributed by atoms with van der Waals surface area (Å²) < 4.78 is 6.43. The normalized spacial score (nSPS) is 15.2. The molecule has 0 radical (unpaired) electrons. The molecule has 1 aliphatic rings. The quantitative estimate of drug-likeness (QED) is 0.192. The number of para-hydroxylation sites is 1. The molecular formula is C30H36N4O2. The van der Waals surface area contributed by atoms with Crippen molar-refractivity contribution in [2.75, 3.05) is 32.8 Å². The van der Waals surface area contributed by atoms with Gasteiger partial charge in [0.25, 0.3) is 0 Å². The molecule has 6 heteroatoms. The fourth-order valence-electron chi connectivity index (χ4n) is 4.48. The Morgan fingerprint density at radius 1 is 0.917 bits per heavy atom. The molecule has 0 spiro atoms. The van der Waals surface area contributed by atoms with Gasteiger partial charge in [-0.15, -0.1) is 0 Å². The van der Waals surface area contributed by atoms with Gasteiger partial charge in [0.05, 0.1) is 18.5 Å². The zero-order chi connectivity index (χ0) is 25.2. The minimum absolute atomic E-state index is 0.350. The van der Waals surface area contributed by atoms with E-state index in [2.05, 4.69) is 58.2 Å². The standard InChI is InChI=1S/C30H36N4O2/c1-24-11-13-25(14-12-24)15-20-36-30(21-26-7-3-2-4-8-26)28(22-32-31)34-18-16-33(17-19-34)23-27-9-5-6-10-29(27)35/h2-14,22,35H,15-21,23,31H2,1H3/b30-28-,32-22-. The third-order valence-corrected chi connectivity index (χ3v) is 6.58. The highest BCUT2D eigenvalue weighted by Gasteiger charge is 2.22. The Balaban J connectivity index is 1.48. The second-order valence-electron chi connectivity index (χ2n) is 9.22. The highest BCUT2D eigenvalue weighted by atomic mass is 16.5. The van der Waals surface area contributed by atoms with Crippen LogP contribution in [0.15, 0.2) is 95.4 Å². The number of nitrogens with two attached hydrogens (primary N) is 1. The third kappa shape index (κ3) is 7.12. The number of rotatable bonds is 10. The molecule has 0 atom stereocenters. The van der Waals surface area contributed by atoms with E-state index in [0.717, 1.165) is 56.2 Å². The molecule has 3 aromatic rings. The predicted molar refractivity (Wildman–Crippen MR) is 146 cm³/mol. The molecule has 4 rings (SSSR count). The Labute approximate surface area is 214 Å². The van der Waals surface area contributed by atoms with Gasteiger partial charge >= 0.3 is 0 Å². The van der Waals surface area contributed by atoms with Gasteiger partial charge in [-0.25, -0.2) is 0 Å². The van der Waals surface area contributed by atoms with Gasteiger partial charge in [0.2, 0.25) is 0 Å². The molecule has 0 aliphatic carbocycles. The number of phenolic OH excluding ortho intramolecular Hbond substituents is 1. The van der Waals surface area contributed by atoms with Crippen molar-refractivity contribution in [2.45, 2.75) is 26.3 Å². The Bertz CT molecular complexity index is 1150. The first kappa shape index (κ1) is 25.3. The van der Waals surface area contributed by atoms with Gasteiger partial charge in [0.1, 0.15) is 11.5 Å². The molecule has 1 aliphatic heterocycles. The number of hydrogen-bond donors (Lipinski definition) is 2. The minimum Gasteiger partial charge on any atom is -0.508 e. The third-order valence-electron chi connectivity index (χ3n) is 6.58. The summed E-state index contributed by atoms with van der Waals surface area (Å²) in [6.07, 6.45) is 3.23. The lowest BCUT2D eigenvalue weighted by atomic mass is 10.1. The number of phenols is 1. The molecule has 6 nitrogen and oxygen atoms in total. The molecule has 0 saturated carbocycles. The fourth-order valence-corrected chi connectivity index (χ4v) is 4.48. The van der Waals surface area contributed by atoms with Crippen molar-refractivity contribution in [3.05, 3.63) is 113 Å². The Morgan fingerprint density at radius 2 is 1.61 bits per heavy atom. The minimum atomic E-state index is 0.350. The molecule has 1 fully saturated rings. The molecule has 0 amide bonds. The smallest absolute Gasteiger partial charge is 0.125 e. The zero-order valence-electron chi connectivity index (χ0n) is 21.0. The number of benzene rings is 3. The van der Waals surface area contributed by atoms with Crippen molar-refractivity contribution in [3.8, 4) is 5.75 Å². The summed E-state index contributed by atoms with van der Waals surface area (Å²) in [7, 11) is 0. The first-order valence-electron chi connectivity index (χ1n) is 12.5. The molecule has 1 saturated heterocycles. The number of hydrazone groups is 1. The van der Waals surface area contributed by atoms with Crippen LogP contribution in [0.5, 0.6) is 5.75 Å². The molecular weight excluding hydrogens is 448 g/mol. The molecule has 3 aromatic carbocycles. The number of aryl methyl sites for hydroxylation is 1. The van der Waals surface area contributed by atoms with Crippen molar-refractivity contribution in [3.63, 3.8) is 0 Å². The van der Waals surface area contributed by atoms with Crippen molar-refractivity contribution < 1.29 is 9.84 Å². The summed E-state index contributed by atoms with van der Waals surface area (Å²) in [5, 5.41) is 14.0. The van der Waals surface area contributed by atoms with Gasteiger partial charge in [-0.3, -0.25) is 4.90 Å². The number of aromatic hydroxyl groups is 1. The lowest BCUT2D eigenvalue weighted by Gasteiger charge is -2.37. The van der Waals surface area contributed by atoms with Gasteiger partial charge in [0, 0.05) is 51.1 Å². The molecule has 1 heterocycles. The van der Waals surface area contributed by atoms with E-state index in [4.69, 9.17) is 10.6 Å². The van der Waals surface area contributed by atoms with Crippen molar-refractivity contribution in [1.82, 2.24) is 9.80 Å². The number of nitrogens with zero attached hydrogens (tertiary/aromatic N) is 3. The fraction of sp³-hybridized carbons (Fsp3) is 0.300. The van der Waals surface area contributed by atoms with E-state index >= 15 is 0 Å². The van der Waals surface area contributed by atoms with Gasteiger partial charge in [-0.05, 0) is 24.1 Å². The first-order valence-corrected chi connectivity index (χ1v) is 12.5. The van der Waals surface area contributed by atoms with Crippen LogP contribution in [0.1, 0.15) is 22.3 Å². The van der Waals surface area contributed by atoms with Gasteiger partial charge in [-0.2, -0.15) is 5.10 Å².